The first-order valence-electron chi connectivity index (χ1n) is 7.25. The van der Waals surface area contributed by atoms with Gasteiger partial charge in [-0.3, -0.25) is 4.79 Å². The number of rotatable bonds is 5. The summed E-state index contributed by atoms with van der Waals surface area (Å²) in [6.45, 7) is 4.06. The van der Waals surface area contributed by atoms with Gasteiger partial charge < -0.3 is 5.32 Å². The van der Waals surface area contributed by atoms with Crippen molar-refractivity contribution in [2.45, 2.75) is 26.3 Å². The summed E-state index contributed by atoms with van der Waals surface area (Å²) in [5.41, 5.74) is 1.39. The van der Waals surface area contributed by atoms with Gasteiger partial charge >= 0.3 is 0 Å². The summed E-state index contributed by atoms with van der Waals surface area (Å²) in [5, 5.41) is 3.64. The predicted molar refractivity (Wildman–Crippen MR) is 87.3 cm³/mol. The molecule has 0 aromatic heterocycles. The van der Waals surface area contributed by atoms with Gasteiger partial charge in [-0.1, -0.05) is 55.8 Å². The highest BCUT2D eigenvalue weighted by Gasteiger charge is 2.19. The van der Waals surface area contributed by atoms with Crippen LogP contribution in [0.25, 0.3) is 0 Å². The second-order valence-corrected chi connectivity index (χ2v) is 6.05. The minimum atomic E-state index is -0.356. The Kier molecular flexibility index (Phi) is 5.56. The van der Waals surface area contributed by atoms with E-state index in [4.69, 9.17) is 11.6 Å². The first-order valence-corrected chi connectivity index (χ1v) is 7.63. The molecule has 0 aliphatic rings. The van der Waals surface area contributed by atoms with Crippen LogP contribution in [0.1, 0.15) is 31.0 Å². The molecule has 2 nitrogen and oxygen atoms in total. The molecule has 0 spiro atoms. The average Bonchev–Trinajstić information content (AvgIpc) is 2.48. The highest BCUT2D eigenvalue weighted by molar-refractivity contribution is 6.30. The van der Waals surface area contributed by atoms with Gasteiger partial charge in [0.15, 0.2) is 0 Å². The van der Waals surface area contributed by atoms with Crippen molar-refractivity contribution in [1.82, 2.24) is 5.32 Å². The summed E-state index contributed by atoms with van der Waals surface area (Å²) in [6, 6.07) is 13.6. The number of amides is 1. The molecule has 1 unspecified atom stereocenters. The first kappa shape index (κ1) is 16.5. The third-order valence-corrected chi connectivity index (χ3v) is 3.77. The predicted octanol–water partition coefficient (Wildman–Crippen LogP) is 4.54. The Morgan fingerprint density at radius 1 is 1.14 bits per heavy atom. The molecule has 116 valence electrons. The molecule has 0 radical (unpaired) electrons. The van der Waals surface area contributed by atoms with E-state index < -0.39 is 0 Å². The van der Waals surface area contributed by atoms with Gasteiger partial charge in [-0.25, -0.2) is 4.39 Å². The fraction of sp³-hybridized carbons (Fsp3) is 0.278. The lowest BCUT2D eigenvalue weighted by Crippen LogP contribution is -2.33. The van der Waals surface area contributed by atoms with Crippen molar-refractivity contribution in [3.05, 3.63) is 70.5 Å². The second-order valence-electron chi connectivity index (χ2n) is 5.61. The van der Waals surface area contributed by atoms with Crippen LogP contribution in [-0.2, 0) is 11.2 Å². The van der Waals surface area contributed by atoms with Crippen LogP contribution in [0.3, 0.4) is 0 Å². The fourth-order valence-corrected chi connectivity index (χ4v) is 2.47. The number of carbonyl (C=O) groups is 1. The van der Waals surface area contributed by atoms with E-state index in [1.807, 2.05) is 26.0 Å². The van der Waals surface area contributed by atoms with E-state index in [0.717, 1.165) is 5.56 Å². The Morgan fingerprint density at radius 2 is 1.77 bits per heavy atom. The molecule has 0 bridgehead atoms. The maximum absolute atomic E-state index is 13.6. The lowest BCUT2D eigenvalue weighted by molar-refractivity contribution is -0.121. The van der Waals surface area contributed by atoms with E-state index in [2.05, 4.69) is 5.32 Å². The van der Waals surface area contributed by atoms with Crippen molar-refractivity contribution in [3.63, 3.8) is 0 Å². The minimum Gasteiger partial charge on any atom is -0.349 e. The second kappa shape index (κ2) is 7.41. The Hall–Kier alpha value is -1.87. The molecule has 0 fully saturated rings. The molecule has 1 amide bonds. The molecular formula is C18H19ClFNO. The van der Waals surface area contributed by atoms with E-state index in [1.165, 1.54) is 6.07 Å². The van der Waals surface area contributed by atoms with Crippen molar-refractivity contribution < 1.29 is 9.18 Å². The van der Waals surface area contributed by atoms with E-state index in [0.29, 0.717) is 10.6 Å². The summed E-state index contributed by atoms with van der Waals surface area (Å²) in [5.74, 6) is -0.338. The fourth-order valence-electron chi connectivity index (χ4n) is 2.34. The molecule has 0 aliphatic carbocycles. The van der Waals surface area contributed by atoms with Gasteiger partial charge in [0.2, 0.25) is 5.91 Å². The minimum absolute atomic E-state index is 0.0312. The van der Waals surface area contributed by atoms with Crippen LogP contribution in [0.4, 0.5) is 4.39 Å². The van der Waals surface area contributed by atoms with Crippen LogP contribution in [0.5, 0.6) is 0 Å². The molecule has 4 heteroatoms. The first-order chi connectivity index (χ1) is 10.5. The summed E-state index contributed by atoms with van der Waals surface area (Å²) in [4.78, 5) is 12.2. The van der Waals surface area contributed by atoms with E-state index >= 15 is 0 Å². The molecule has 0 aliphatic heterocycles. The number of hydrogen-bond acceptors (Lipinski definition) is 1. The molecule has 2 aromatic rings. The van der Waals surface area contributed by atoms with E-state index in [9.17, 15) is 9.18 Å². The Morgan fingerprint density at radius 3 is 2.36 bits per heavy atom. The topological polar surface area (TPSA) is 29.1 Å². The molecule has 1 N–H and O–H groups in total. The zero-order valence-corrected chi connectivity index (χ0v) is 13.4. The Balaban J connectivity index is 2.09. The quantitative estimate of drug-likeness (QED) is 0.861. The summed E-state index contributed by atoms with van der Waals surface area (Å²) in [7, 11) is 0. The molecule has 2 rings (SSSR count). The van der Waals surface area contributed by atoms with Gasteiger partial charge in [0.1, 0.15) is 5.82 Å². The molecule has 0 saturated heterocycles. The van der Waals surface area contributed by atoms with Gasteiger partial charge in [-0.2, -0.15) is 0 Å². The third-order valence-electron chi connectivity index (χ3n) is 3.52. The molecule has 22 heavy (non-hydrogen) atoms. The maximum atomic E-state index is 13.6. The molecule has 0 saturated carbocycles. The SMILES string of the molecule is CC(C)C(NC(=O)Cc1ccccc1F)c1ccc(Cl)cc1. The van der Waals surface area contributed by atoms with Crippen LogP contribution >= 0.6 is 11.6 Å². The monoisotopic (exact) mass is 319 g/mol. The normalized spacial score (nSPS) is 12.2. The van der Waals surface area contributed by atoms with Crippen molar-refractivity contribution in [3.8, 4) is 0 Å². The highest BCUT2D eigenvalue weighted by atomic mass is 35.5. The largest absolute Gasteiger partial charge is 0.349 e. The standard InChI is InChI=1S/C18H19ClFNO/c1-12(2)18(13-7-9-15(19)10-8-13)21-17(22)11-14-5-3-4-6-16(14)20/h3-10,12,18H,11H2,1-2H3,(H,21,22). The smallest absolute Gasteiger partial charge is 0.225 e. The Labute approximate surface area is 135 Å². The number of nitrogens with one attached hydrogen (secondary N) is 1. The summed E-state index contributed by atoms with van der Waals surface area (Å²) in [6.07, 6.45) is 0.0312. The Bertz CT molecular complexity index is 640. The van der Waals surface area contributed by atoms with Gasteiger partial charge in [0.25, 0.3) is 0 Å². The van der Waals surface area contributed by atoms with Crippen molar-refractivity contribution in [1.29, 1.82) is 0 Å². The van der Waals surface area contributed by atoms with E-state index in [-0.39, 0.29) is 30.1 Å². The molecule has 2 aromatic carbocycles. The number of hydrogen-bond donors (Lipinski definition) is 1. The van der Waals surface area contributed by atoms with Gasteiger partial charge in [0.05, 0.1) is 12.5 Å². The summed E-state index contributed by atoms with van der Waals surface area (Å²) < 4.78 is 13.6. The van der Waals surface area contributed by atoms with Crippen LogP contribution in [-0.4, -0.2) is 5.91 Å². The third kappa shape index (κ3) is 4.31. The van der Waals surface area contributed by atoms with Crippen molar-refractivity contribution in [2.75, 3.05) is 0 Å². The average molecular weight is 320 g/mol. The molecular weight excluding hydrogens is 301 g/mol. The van der Waals surface area contributed by atoms with Gasteiger partial charge in [-0.05, 0) is 35.2 Å². The van der Waals surface area contributed by atoms with Crippen molar-refractivity contribution in [2.24, 2.45) is 5.92 Å². The highest BCUT2D eigenvalue weighted by Crippen LogP contribution is 2.23. The summed E-state index contributed by atoms with van der Waals surface area (Å²) >= 11 is 5.90. The van der Waals surface area contributed by atoms with Crippen LogP contribution in [0.15, 0.2) is 48.5 Å². The van der Waals surface area contributed by atoms with Crippen LogP contribution < -0.4 is 5.32 Å². The number of benzene rings is 2. The zero-order chi connectivity index (χ0) is 16.1. The number of halogens is 2. The van der Waals surface area contributed by atoms with Crippen LogP contribution in [0.2, 0.25) is 5.02 Å². The molecule has 1 atom stereocenters. The van der Waals surface area contributed by atoms with Gasteiger partial charge in [0, 0.05) is 5.02 Å². The van der Waals surface area contributed by atoms with Gasteiger partial charge in [-0.15, -0.1) is 0 Å². The van der Waals surface area contributed by atoms with E-state index in [1.54, 1.807) is 30.3 Å². The van der Waals surface area contributed by atoms with Crippen LogP contribution in [0, 0.1) is 11.7 Å². The number of carbonyl (C=O) groups excluding carboxylic acids is 1. The van der Waals surface area contributed by atoms with Crippen molar-refractivity contribution >= 4 is 17.5 Å². The lowest BCUT2D eigenvalue weighted by atomic mass is 9.95. The maximum Gasteiger partial charge on any atom is 0.225 e. The molecule has 0 heterocycles. The lowest BCUT2D eigenvalue weighted by Gasteiger charge is -2.23. The zero-order valence-electron chi connectivity index (χ0n) is 12.6.